The minimum atomic E-state index is 0.525. The molecule has 2 saturated carbocycles. The van der Waals surface area contributed by atoms with Gasteiger partial charge in [0.1, 0.15) is 0 Å². The van der Waals surface area contributed by atoms with Crippen molar-refractivity contribution in [2.45, 2.75) is 63.5 Å². The molecule has 2 heterocycles. The van der Waals surface area contributed by atoms with E-state index >= 15 is 0 Å². The number of aromatic nitrogens is 1. The zero-order valence-electron chi connectivity index (χ0n) is 16.0. The van der Waals surface area contributed by atoms with Crippen molar-refractivity contribution in [2.75, 3.05) is 18.4 Å². The van der Waals surface area contributed by atoms with Crippen molar-refractivity contribution in [3.8, 4) is 6.07 Å². The Morgan fingerprint density at radius 1 is 1.04 bits per heavy atom. The maximum Gasteiger partial charge on any atom is 0.0991 e. The van der Waals surface area contributed by atoms with E-state index in [4.69, 9.17) is 0 Å². The Morgan fingerprint density at radius 3 is 2.52 bits per heavy atom. The minimum absolute atomic E-state index is 0.525. The monoisotopic (exact) mass is 360 g/mol. The normalized spacial score (nSPS) is 27.4. The zero-order chi connectivity index (χ0) is 18.3. The average Bonchev–Trinajstić information content (AvgIpc) is 3.48. The van der Waals surface area contributed by atoms with E-state index in [9.17, 15) is 5.26 Å². The van der Waals surface area contributed by atoms with Crippen LogP contribution in [0.25, 0.3) is 10.9 Å². The summed E-state index contributed by atoms with van der Waals surface area (Å²) in [6.07, 6.45) is 12.8. The van der Waals surface area contributed by atoms with Gasteiger partial charge in [0.15, 0.2) is 0 Å². The number of nitrogens with zero attached hydrogens (tertiary/aromatic N) is 3. The molecule has 0 atom stereocenters. The highest BCUT2D eigenvalue weighted by Gasteiger charge is 2.45. The van der Waals surface area contributed by atoms with Gasteiger partial charge in [-0.15, -0.1) is 0 Å². The maximum absolute atomic E-state index is 9.20. The van der Waals surface area contributed by atoms with Crippen LogP contribution in [0.15, 0.2) is 30.5 Å². The molecule has 4 nitrogen and oxygen atoms in total. The van der Waals surface area contributed by atoms with Gasteiger partial charge in [-0.2, -0.15) is 5.26 Å². The number of hydrogen-bond acceptors (Lipinski definition) is 4. The molecule has 1 spiro atoms. The highest BCUT2D eigenvalue weighted by Crippen LogP contribution is 2.54. The van der Waals surface area contributed by atoms with Crippen molar-refractivity contribution in [3.63, 3.8) is 0 Å². The molecule has 3 fully saturated rings. The summed E-state index contributed by atoms with van der Waals surface area (Å²) in [7, 11) is 0. The number of fused-ring (bicyclic) bond motifs is 1. The Kier molecular flexibility index (Phi) is 4.28. The van der Waals surface area contributed by atoms with E-state index in [-0.39, 0.29) is 0 Å². The van der Waals surface area contributed by atoms with Gasteiger partial charge in [-0.1, -0.05) is 0 Å². The van der Waals surface area contributed by atoms with Crippen LogP contribution in [0.5, 0.6) is 0 Å². The predicted molar refractivity (Wildman–Crippen MR) is 109 cm³/mol. The lowest BCUT2D eigenvalue weighted by atomic mass is 9.86. The van der Waals surface area contributed by atoms with Gasteiger partial charge in [0, 0.05) is 29.4 Å². The van der Waals surface area contributed by atoms with Crippen LogP contribution in [0.1, 0.15) is 56.9 Å². The number of likely N-dealkylation sites (tertiary alicyclic amines) is 1. The number of rotatable bonds is 3. The number of hydrogen-bond donors (Lipinski definition) is 1. The lowest BCUT2D eigenvalue weighted by Gasteiger charge is -2.41. The molecule has 0 unspecified atom stereocenters. The molecule has 0 radical (unpaired) electrons. The number of nitriles is 1. The van der Waals surface area contributed by atoms with Crippen molar-refractivity contribution in [1.82, 2.24) is 9.88 Å². The standard InChI is InChI=1S/C23H28N4/c24-16-17-1-6-21-20(15-17)22(7-12-25-21)26-18-2-4-19(5-3-18)27-13-10-23(8-9-23)11-14-27/h1,6-7,12,15,18-19H,2-5,8-11,13-14H2,(H,25,26). The van der Waals surface area contributed by atoms with Crippen LogP contribution in [0, 0.1) is 16.7 Å². The fourth-order valence-corrected chi connectivity index (χ4v) is 5.19. The Bertz CT molecular complexity index is 862. The molecule has 1 saturated heterocycles. The molecule has 27 heavy (non-hydrogen) atoms. The van der Waals surface area contributed by atoms with Crippen LogP contribution in [0.4, 0.5) is 5.69 Å². The van der Waals surface area contributed by atoms with Crippen molar-refractivity contribution >= 4 is 16.6 Å². The molecule has 2 aliphatic carbocycles. The third kappa shape index (κ3) is 3.41. The Morgan fingerprint density at radius 2 is 1.81 bits per heavy atom. The van der Waals surface area contributed by atoms with Crippen LogP contribution in [-0.2, 0) is 0 Å². The summed E-state index contributed by atoms with van der Waals surface area (Å²) in [5.41, 5.74) is 3.55. The second-order valence-corrected chi connectivity index (χ2v) is 8.89. The summed E-state index contributed by atoms with van der Waals surface area (Å²) >= 11 is 0. The van der Waals surface area contributed by atoms with E-state index in [1.54, 1.807) is 0 Å². The summed E-state index contributed by atoms with van der Waals surface area (Å²) < 4.78 is 0. The Labute approximate surface area is 161 Å². The van der Waals surface area contributed by atoms with Crippen molar-refractivity contribution in [1.29, 1.82) is 5.26 Å². The van der Waals surface area contributed by atoms with Gasteiger partial charge in [-0.3, -0.25) is 4.98 Å². The summed E-state index contributed by atoms with van der Waals surface area (Å²) in [4.78, 5) is 7.22. The molecular weight excluding hydrogens is 332 g/mol. The number of nitrogens with one attached hydrogen (secondary N) is 1. The average molecular weight is 361 g/mol. The first-order chi connectivity index (χ1) is 13.2. The van der Waals surface area contributed by atoms with E-state index in [0.29, 0.717) is 11.6 Å². The van der Waals surface area contributed by atoms with Gasteiger partial charge in [-0.25, -0.2) is 0 Å². The zero-order valence-corrected chi connectivity index (χ0v) is 16.0. The van der Waals surface area contributed by atoms with Crippen LogP contribution < -0.4 is 5.32 Å². The third-order valence-corrected chi connectivity index (χ3v) is 7.26. The summed E-state index contributed by atoms with van der Waals surface area (Å²) in [6.45, 7) is 2.66. The van der Waals surface area contributed by atoms with E-state index in [1.807, 2.05) is 24.4 Å². The highest BCUT2D eigenvalue weighted by atomic mass is 15.2. The fourth-order valence-electron chi connectivity index (χ4n) is 5.19. The molecule has 1 aromatic carbocycles. The number of pyridine rings is 1. The van der Waals surface area contributed by atoms with E-state index in [0.717, 1.165) is 28.0 Å². The lowest BCUT2D eigenvalue weighted by Crippen LogP contribution is -2.45. The minimum Gasteiger partial charge on any atom is -0.382 e. The molecule has 1 aromatic heterocycles. The molecule has 1 N–H and O–H groups in total. The van der Waals surface area contributed by atoms with Gasteiger partial charge in [-0.05, 0) is 94.1 Å². The first-order valence-electron chi connectivity index (χ1n) is 10.5. The number of piperidine rings is 1. The lowest BCUT2D eigenvalue weighted by molar-refractivity contribution is 0.0975. The van der Waals surface area contributed by atoms with Crippen LogP contribution in [0.2, 0.25) is 0 Å². The summed E-state index contributed by atoms with van der Waals surface area (Å²) in [6, 6.07) is 11.3. The van der Waals surface area contributed by atoms with E-state index in [1.165, 1.54) is 64.5 Å². The van der Waals surface area contributed by atoms with E-state index < -0.39 is 0 Å². The van der Waals surface area contributed by atoms with Crippen molar-refractivity contribution < 1.29 is 0 Å². The van der Waals surface area contributed by atoms with Gasteiger partial charge >= 0.3 is 0 Å². The molecular formula is C23H28N4. The van der Waals surface area contributed by atoms with Gasteiger partial charge < -0.3 is 10.2 Å². The largest absolute Gasteiger partial charge is 0.382 e. The quantitative estimate of drug-likeness (QED) is 0.861. The molecule has 0 amide bonds. The Balaban J connectivity index is 1.22. The first kappa shape index (κ1) is 17.0. The molecule has 4 heteroatoms. The smallest absolute Gasteiger partial charge is 0.0991 e. The highest BCUT2D eigenvalue weighted by molar-refractivity contribution is 5.92. The van der Waals surface area contributed by atoms with Crippen LogP contribution >= 0.6 is 0 Å². The molecule has 140 valence electrons. The second-order valence-electron chi connectivity index (χ2n) is 8.89. The fraction of sp³-hybridized carbons (Fsp3) is 0.565. The second kappa shape index (κ2) is 6.80. The SMILES string of the molecule is N#Cc1ccc2nccc(NC3CCC(N4CCC5(CC4)CC5)CC3)c2c1. The Hall–Kier alpha value is -2.12. The van der Waals surface area contributed by atoms with Crippen molar-refractivity contribution in [2.24, 2.45) is 5.41 Å². The van der Waals surface area contributed by atoms with E-state index in [2.05, 4.69) is 27.3 Å². The maximum atomic E-state index is 9.20. The number of benzene rings is 1. The molecule has 1 aliphatic heterocycles. The van der Waals surface area contributed by atoms with Gasteiger partial charge in [0.2, 0.25) is 0 Å². The molecule has 0 bridgehead atoms. The number of anilines is 1. The van der Waals surface area contributed by atoms with Gasteiger partial charge in [0.05, 0.1) is 17.1 Å². The molecule has 5 rings (SSSR count). The van der Waals surface area contributed by atoms with Crippen LogP contribution in [-0.4, -0.2) is 35.1 Å². The van der Waals surface area contributed by atoms with Gasteiger partial charge in [0.25, 0.3) is 0 Å². The molecule has 2 aromatic rings. The van der Waals surface area contributed by atoms with Crippen LogP contribution in [0.3, 0.4) is 0 Å². The molecule has 3 aliphatic rings. The predicted octanol–water partition coefficient (Wildman–Crippen LogP) is 4.71. The first-order valence-corrected chi connectivity index (χ1v) is 10.5. The summed E-state index contributed by atoms with van der Waals surface area (Å²) in [5, 5.41) is 14.0. The summed E-state index contributed by atoms with van der Waals surface area (Å²) in [5.74, 6) is 0. The third-order valence-electron chi connectivity index (χ3n) is 7.26. The topological polar surface area (TPSA) is 52.0 Å². The van der Waals surface area contributed by atoms with Crippen molar-refractivity contribution in [3.05, 3.63) is 36.0 Å².